The summed E-state index contributed by atoms with van der Waals surface area (Å²) in [4.78, 5) is 16.6. The van der Waals surface area contributed by atoms with Crippen molar-refractivity contribution in [3.05, 3.63) is 60.7 Å². The summed E-state index contributed by atoms with van der Waals surface area (Å²) in [6.07, 6.45) is 5.83. The highest BCUT2D eigenvalue weighted by atomic mass is 32.2. The summed E-state index contributed by atoms with van der Waals surface area (Å²) in [5, 5.41) is 3.16. The van der Waals surface area contributed by atoms with Crippen LogP contribution in [-0.2, 0) is 16.6 Å². The van der Waals surface area contributed by atoms with Crippen molar-refractivity contribution in [3.8, 4) is 11.5 Å². The molecular weight excluding hydrogens is 340 g/mol. The molecule has 128 valence electrons. The van der Waals surface area contributed by atoms with Crippen LogP contribution in [0.2, 0.25) is 0 Å². The Kier molecular flexibility index (Phi) is 4.85. The Bertz CT molecular complexity index is 963. The molecule has 3 rings (SSSR count). The van der Waals surface area contributed by atoms with Gasteiger partial charge in [0, 0.05) is 25.0 Å². The van der Waals surface area contributed by atoms with Gasteiger partial charge < -0.3 is 5.32 Å². The van der Waals surface area contributed by atoms with E-state index in [1.807, 2.05) is 12.1 Å². The van der Waals surface area contributed by atoms with Crippen molar-refractivity contribution in [1.29, 1.82) is 0 Å². The maximum atomic E-state index is 11.5. The number of para-hydroxylation sites is 1. The molecule has 2 heterocycles. The van der Waals surface area contributed by atoms with Crippen molar-refractivity contribution in [2.45, 2.75) is 6.54 Å². The normalized spacial score (nSPS) is 11.1. The van der Waals surface area contributed by atoms with Gasteiger partial charge in [0.25, 0.3) is 0 Å². The van der Waals surface area contributed by atoms with Gasteiger partial charge in [0.15, 0.2) is 5.82 Å². The Morgan fingerprint density at radius 2 is 1.76 bits per heavy atom. The Morgan fingerprint density at radius 3 is 2.52 bits per heavy atom. The number of nitrogens with zero attached hydrogens (tertiary/aromatic N) is 4. The van der Waals surface area contributed by atoms with Crippen molar-refractivity contribution >= 4 is 21.5 Å². The lowest BCUT2D eigenvalue weighted by Crippen LogP contribution is -2.12. The summed E-state index contributed by atoms with van der Waals surface area (Å²) in [6.45, 7) is 0.394. The summed E-state index contributed by atoms with van der Waals surface area (Å²) in [7, 11) is -3.35. The van der Waals surface area contributed by atoms with Crippen LogP contribution in [0.4, 0.5) is 11.5 Å². The molecule has 0 aliphatic rings. The summed E-state index contributed by atoms with van der Waals surface area (Å²) in [5.74, 6) is 1.10. The first-order chi connectivity index (χ1) is 12.0. The number of benzene rings is 1. The average molecular weight is 356 g/mol. The molecule has 0 aliphatic heterocycles. The molecule has 0 bridgehead atoms. The first-order valence-electron chi connectivity index (χ1n) is 7.40. The highest BCUT2D eigenvalue weighted by Crippen LogP contribution is 2.19. The third-order valence-corrected chi connectivity index (χ3v) is 3.83. The number of aromatic nitrogens is 4. The monoisotopic (exact) mass is 356 g/mol. The smallest absolute Gasteiger partial charge is 0.229 e. The van der Waals surface area contributed by atoms with Gasteiger partial charge in [-0.1, -0.05) is 18.2 Å². The van der Waals surface area contributed by atoms with Gasteiger partial charge in [0.2, 0.25) is 10.0 Å². The molecule has 8 nitrogen and oxygen atoms in total. The van der Waals surface area contributed by atoms with Gasteiger partial charge in [0.05, 0.1) is 11.9 Å². The zero-order chi connectivity index (χ0) is 17.7. The maximum absolute atomic E-state index is 11.5. The fraction of sp³-hybridized carbons (Fsp3) is 0.125. The van der Waals surface area contributed by atoms with Crippen LogP contribution >= 0.6 is 0 Å². The van der Waals surface area contributed by atoms with Crippen LogP contribution in [0.5, 0.6) is 0 Å². The quantitative estimate of drug-likeness (QED) is 0.694. The lowest BCUT2D eigenvalue weighted by Gasteiger charge is -2.12. The second kappa shape index (κ2) is 7.22. The van der Waals surface area contributed by atoms with E-state index < -0.39 is 10.0 Å². The standard InChI is InChI=1S/C16H16N6O2S/c1-25(23,24)22-13-6-3-2-5-12(13)10-19-15-9-14(20-11-21-15)16-17-7-4-8-18-16/h2-9,11,22H,10H2,1H3,(H,19,20,21). The van der Waals surface area contributed by atoms with Gasteiger partial charge in [-0.15, -0.1) is 0 Å². The average Bonchev–Trinajstić information content (AvgIpc) is 2.61. The van der Waals surface area contributed by atoms with Gasteiger partial charge >= 0.3 is 0 Å². The molecule has 0 atom stereocenters. The summed E-state index contributed by atoms with van der Waals surface area (Å²) in [6, 6.07) is 10.6. The SMILES string of the molecule is CS(=O)(=O)Nc1ccccc1CNc1cc(-c2ncccn2)ncn1. The third kappa shape index (κ3) is 4.70. The molecule has 0 saturated carbocycles. The second-order valence-electron chi connectivity index (χ2n) is 5.25. The van der Waals surface area contributed by atoms with Crippen LogP contribution < -0.4 is 10.0 Å². The van der Waals surface area contributed by atoms with Crippen molar-refractivity contribution in [2.75, 3.05) is 16.3 Å². The summed E-state index contributed by atoms with van der Waals surface area (Å²) < 4.78 is 25.4. The Balaban J connectivity index is 1.77. The van der Waals surface area contributed by atoms with Crippen molar-refractivity contribution in [2.24, 2.45) is 0 Å². The lowest BCUT2D eigenvalue weighted by molar-refractivity contribution is 0.606. The molecule has 0 aliphatic carbocycles. The molecule has 0 unspecified atom stereocenters. The van der Waals surface area contributed by atoms with Crippen molar-refractivity contribution in [3.63, 3.8) is 0 Å². The number of nitrogens with one attached hydrogen (secondary N) is 2. The predicted octanol–water partition coefficient (Wildman–Crippen LogP) is 1.92. The predicted molar refractivity (Wildman–Crippen MR) is 95.3 cm³/mol. The van der Waals surface area contributed by atoms with Gasteiger partial charge in [-0.25, -0.2) is 28.4 Å². The second-order valence-corrected chi connectivity index (χ2v) is 6.99. The molecule has 1 aromatic carbocycles. The Labute approximate surface area is 145 Å². The van der Waals surface area contributed by atoms with Crippen LogP contribution in [0.3, 0.4) is 0 Å². The van der Waals surface area contributed by atoms with Gasteiger partial charge in [0.1, 0.15) is 17.8 Å². The third-order valence-electron chi connectivity index (χ3n) is 3.23. The number of hydrogen-bond donors (Lipinski definition) is 2. The molecule has 25 heavy (non-hydrogen) atoms. The van der Waals surface area contributed by atoms with Gasteiger partial charge in [-0.2, -0.15) is 0 Å². The minimum Gasteiger partial charge on any atom is -0.366 e. The Hall–Kier alpha value is -3.07. The van der Waals surface area contributed by atoms with E-state index in [1.165, 1.54) is 6.33 Å². The fourth-order valence-corrected chi connectivity index (χ4v) is 2.77. The Morgan fingerprint density at radius 1 is 1.00 bits per heavy atom. The highest BCUT2D eigenvalue weighted by Gasteiger charge is 2.08. The number of hydrogen-bond acceptors (Lipinski definition) is 7. The van der Waals surface area contributed by atoms with Gasteiger partial charge in [-0.05, 0) is 17.7 Å². The largest absolute Gasteiger partial charge is 0.366 e. The van der Waals surface area contributed by atoms with Crippen LogP contribution in [0.25, 0.3) is 11.5 Å². The van der Waals surface area contributed by atoms with E-state index in [-0.39, 0.29) is 0 Å². The minimum absolute atomic E-state index is 0.394. The van der Waals surface area contributed by atoms with E-state index >= 15 is 0 Å². The van der Waals surface area contributed by atoms with E-state index in [1.54, 1.807) is 36.7 Å². The molecule has 2 N–H and O–H groups in total. The fourth-order valence-electron chi connectivity index (χ4n) is 2.17. The van der Waals surface area contributed by atoms with Gasteiger partial charge in [-0.3, -0.25) is 4.72 Å². The zero-order valence-corrected chi connectivity index (χ0v) is 14.2. The number of rotatable bonds is 6. The summed E-state index contributed by atoms with van der Waals surface area (Å²) in [5.41, 5.74) is 1.92. The molecule has 0 fully saturated rings. The molecule has 3 aromatic rings. The highest BCUT2D eigenvalue weighted by molar-refractivity contribution is 7.92. The van der Waals surface area contributed by atoms with E-state index in [0.29, 0.717) is 29.6 Å². The first-order valence-corrected chi connectivity index (χ1v) is 9.29. The van der Waals surface area contributed by atoms with Crippen LogP contribution in [-0.4, -0.2) is 34.6 Å². The topological polar surface area (TPSA) is 110 Å². The molecule has 0 amide bonds. The van der Waals surface area contributed by atoms with Crippen LogP contribution in [0.1, 0.15) is 5.56 Å². The van der Waals surface area contributed by atoms with E-state index in [0.717, 1.165) is 11.8 Å². The van der Waals surface area contributed by atoms with Crippen LogP contribution in [0, 0.1) is 0 Å². The van der Waals surface area contributed by atoms with Crippen molar-refractivity contribution < 1.29 is 8.42 Å². The van der Waals surface area contributed by atoms with Crippen molar-refractivity contribution in [1.82, 2.24) is 19.9 Å². The molecule has 9 heteroatoms. The molecule has 0 saturated heterocycles. The van der Waals surface area contributed by atoms with Crippen LogP contribution in [0.15, 0.2) is 55.1 Å². The summed E-state index contributed by atoms with van der Waals surface area (Å²) >= 11 is 0. The molecule has 0 radical (unpaired) electrons. The number of sulfonamides is 1. The van der Waals surface area contributed by atoms with E-state index in [4.69, 9.17) is 0 Å². The van der Waals surface area contributed by atoms with E-state index in [2.05, 4.69) is 30.0 Å². The maximum Gasteiger partial charge on any atom is 0.229 e. The molecule has 0 spiro atoms. The lowest BCUT2D eigenvalue weighted by atomic mass is 10.2. The first kappa shape index (κ1) is 16.8. The minimum atomic E-state index is -3.35. The van der Waals surface area contributed by atoms with E-state index in [9.17, 15) is 8.42 Å². The zero-order valence-electron chi connectivity index (χ0n) is 13.4. The number of anilines is 2. The molecular formula is C16H16N6O2S. The molecule has 2 aromatic heterocycles.